The fraction of sp³-hybridized carbons (Fsp3) is 0.696. The Morgan fingerprint density at radius 2 is 1.71 bits per heavy atom. The van der Waals surface area contributed by atoms with Gasteiger partial charge >= 0.3 is 6.03 Å². The summed E-state index contributed by atoms with van der Waals surface area (Å²) in [6.07, 6.45) is 5.58. The average molecular weight is 533 g/mol. The van der Waals surface area contributed by atoms with Crippen molar-refractivity contribution in [3.8, 4) is 0 Å². The van der Waals surface area contributed by atoms with Crippen molar-refractivity contribution in [2.75, 3.05) is 70.5 Å². The molecule has 3 aliphatic heterocycles. The molecular formula is C23H35Cl2N5O3S. The van der Waals surface area contributed by atoms with Crippen molar-refractivity contribution in [2.45, 2.75) is 31.7 Å². The molecule has 0 aromatic heterocycles. The second kappa shape index (κ2) is 11.3. The molecule has 0 bridgehead atoms. The fourth-order valence-corrected chi connectivity index (χ4v) is 6.56. The first-order valence-electron chi connectivity index (χ1n) is 12.1. The number of nitrogens with zero attached hydrogens (tertiary/aromatic N) is 4. The smallest absolute Gasteiger partial charge is 0.321 e. The van der Waals surface area contributed by atoms with Crippen molar-refractivity contribution in [1.82, 2.24) is 19.0 Å². The lowest BCUT2D eigenvalue weighted by molar-refractivity contribution is 0.0643. The lowest BCUT2D eigenvalue weighted by Gasteiger charge is -2.43. The molecule has 3 saturated heterocycles. The number of benzene rings is 1. The van der Waals surface area contributed by atoms with Crippen molar-refractivity contribution in [3.63, 3.8) is 0 Å². The van der Waals surface area contributed by atoms with Crippen LogP contribution in [0.2, 0.25) is 10.0 Å². The molecule has 3 heterocycles. The Bertz CT molecular complexity index is 963. The highest BCUT2D eigenvalue weighted by atomic mass is 35.5. The maximum Gasteiger partial charge on any atom is 0.321 e. The molecule has 2 amide bonds. The van der Waals surface area contributed by atoms with E-state index in [1.54, 1.807) is 22.5 Å². The van der Waals surface area contributed by atoms with Crippen LogP contribution in [0, 0.1) is 5.92 Å². The van der Waals surface area contributed by atoms with Gasteiger partial charge in [-0.3, -0.25) is 9.80 Å². The maximum atomic E-state index is 12.6. The summed E-state index contributed by atoms with van der Waals surface area (Å²) in [6.45, 7) is 7.68. The monoisotopic (exact) mass is 531 g/mol. The highest BCUT2D eigenvalue weighted by Crippen LogP contribution is 2.27. The van der Waals surface area contributed by atoms with Gasteiger partial charge in [-0.15, -0.1) is 0 Å². The third kappa shape index (κ3) is 6.77. The summed E-state index contributed by atoms with van der Waals surface area (Å²) in [6, 6.07) is 5.48. The van der Waals surface area contributed by atoms with E-state index in [0.29, 0.717) is 53.9 Å². The lowest BCUT2D eigenvalue weighted by atomic mass is 9.93. The van der Waals surface area contributed by atoms with Crippen molar-refractivity contribution < 1.29 is 13.2 Å². The lowest BCUT2D eigenvalue weighted by Crippen LogP contribution is -2.53. The number of amides is 2. The predicted octanol–water partition coefficient (Wildman–Crippen LogP) is 3.28. The molecule has 11 heteroatoms. The minimum atomic E-state index is -3.08. The standard InChI is InChI=1S/C23H35Cl2N5O3S/c1-34(32,33)30-9-6-20(7-10-30)29-8-2-3-18(17-29)16-27-11-13-28(14-12-27)23(31)26-19-4-5-21(24)22(25)15-19/h4-5,15,18,20H,2-3,6-14,16-17H2,1H3,(H,26,31)/t18-/m0/s1. The fourth-order valence-electron chi connectivity index (χ4n) is 5.39. The number of anilines is 1. The summed E-state index contributed by atoms with van der Waals surface area (Å²) in [5, 5.41) is 3.80. The van der Waals surface area contributed by atoms with Gasteiger partial charge in [0.05, 0.1) is 16.3 Å². The molecule has 3 fully saturated rings. The van der Waals surface area contributed by atoms with E-state index in [2.05, 4.69) is 15.1 Å². The van der Waals surface area contributed by atoms with E-state index in [1.807, 2.05) is 4.90 Å². The largest absolute Gasteiger partial charge is 0.322 e. The maximum absolute atomic E-state index is 12.6. The summed E-state index contributed by atoms with van der Waals surface area (Å²) >= 11 is 12.0. The molecule has 1 atom stereocenters. The van der Waals surface area contributed by atoms with Gasteiger partial charge < -0.3 is 10.2 Å². The Labute approximate surface area is 213 Å². The second-order valence-corrected chi connectivity index (χ2v) is 12.5. The number of hydrogen-bond donors (Lipinski definition) is 1. The number of carbonyl (C=O) groups is 1. The zero-order valence-corrected chi connectivity index (χ0v) is 22.1. The second-order valence-electron chi connectivity index (χ2n) is 9.74. The Morgan fingerprint density at radius 1 is 1.00 bits per heavy atom. The molecule has 4 rings (SSSR count). The van der Waals surface area contributed by atoms with E-state index in [0.717, 1.165) is 45.6 Å². The van der Waals surface area contributed by atoms with Crippen LogP contribution in [0.1, 0.15) is 25.7 Å². The highest BCUT2D eigenvalue weighted by molar-refractivity contribution is 7.88. The number of nitrogens with one attached hydrogen (secondary N) is 1. The summed E-state index contributed by atoms with van der Waals surface area (Å²) in [4.78, 5) is 19.6. The van der Waals surface area contributed by atoms with Gasteiger partial charge in [0.25, 0.3) is 0 Å². The van der Waals surface area contributed by atoms with Crippen LogP contribution in [0.4, 0.5) is 10.5 Å². The van der Waals surface area contributed by atoms with E-state index in [9.17, 15) is 13.2 Å². The van der Waals surface area contributed by atoms with Crippen molar-refractivity contribution in [1.29, 1.82) is 0 Å². The topological polar surface area (TPSA) is 76.2 Å². The molecule has 8 nitrogen and oxygen atoms in total. The van der Waals surface area contributed by atoms with Gasteiger partial charge in [-0.1, -0.05) is 23.2 Å². The van der Waals surface area contributed by atoms with Gasteiger partial charge in [0.1, 0.15) is 0 Å². The summed E-state index contributed by atoms with van der Waals surface area (Å²) in [5.41, 5.74) is 0.645. The third-order valence-electron chi connectivity index (χ3n) is 7.31. The van der Waals surface area contributed by atoms with Gasteiger partial charge in [0, 0.05) is 64.1 Å². The van der Waals surface area contributed by atoms with Crippen LogP contribution in [0.5, 0.6) is 0 Å². The van der Waals surface area contributed by atoms with Crippen LogP contribution < -0.4 is 5.32 Å². The Kier molecular flexibility index (Phi) is 8.64. The van der Waals surface area contributed by atoms with Gasteiger partial charge in [0.2, 0.25) is 10.0 Å². The number of sulfonamides is 1. The molecule has 1 N–H and O–H groups in total. The molecule has 3 aliphatic rings. The molecule has 0 unspecified atom stereocenters. The summed E-state index contributed by atoms with van der Waals surface area (Å²) in [7, 11) is -3.08. The molecular weight excluding hydrogens is 497 g/mol. The third-order valence-corrected chi connectivity index (χ3v) is 9.35. The van der Waals surface area contributed by atoms with Crippen LogP contribution >= 0.6 is 23.2 Å². The van der Waals surface area contributed by atoms with Gasteiger partial charge in [-0.05, 0) is 56.3 Å². The molecule has 1 aromatic rings. The Balaban J connectivity index is 1.20. The first-order chi connectivity index (χ1) is 16.2. The average Bonchev–Trinajstić information content (AvgIpc) is 2.82. The van der Waals surface area contributed by atoms with Crippen LogP contribution in [-0.2, 0) is 10.0 Å². The number of likely N-dealkylation sites (tertiary alicyclic amines) is 1. The van der Waals surface area contributed by atoms with Crippen LogP contribution in [0.15, 0.2) is 18.2 Å². The first-order valence-corrected chi connectivity index (χ1v) is 14.7. The molecule has 34 heavy (non-hydrogen) atoms. The van der Waals surface area contributed by atoms with E-state index in [1.165, 1.54) is 19.1 Å². The SMILES string of the molecule is CS(=O)(=O)N1CCC(N2CCC[C@@H](CN3CCN(C(=O)Nc4ccc(Cl)c(Cl)c4)CC3)C2)CC1. The van der Waals surface area contributed by atoms with E-state index in [4.69, 9.17) is 23.2 Å². The molecule has 1 aromatic carbocycles. The molecule has 0 radical (unpaired) electrons. The van der Waals surface area contributed by atoms with Crippen molar-refractivity contribution >= 4 is 44.9 Å². The van der Waals surface area contributed by atoms with Gasteiger partial charge in [0.15, 0.2) is 0 Å². The number of rotatable bonds is 5. The zero-order valence-electron chi connectivity index (χ0n) is 19.8. The molecule has 0 saturated carbocycles. The number of urea groups is 1. The van der Waals surface area contributed by atoms with Crippen molar-refractivity contribution in [2.24, 2.45) is 5.92 Å². The minimum Gasteiger partial charge on any atom is -0.322 e. The van der Waals surface area contributed by atoms with Crippen molar-refractivity contribution in [3.05, 3.63) is 28.2 Å². The zero-order chi connectivity index (χ0) is 24.3. The van der Waals surface area contributed by atoms with Crippen LogP contribution in [0.3, 0.4) is 0 Å². The number of halogens is 2. The molecule has 190 valence electrons. The Hall–Kier alpha value is -1.10. The van der Waals surface area contributed by atoms with Gasteiger partial charge in [-0.25, -0.2) is 17.5 Å². The van der Waals surface area contributed by atoms with Gasteiger partial charge in [-0.2, -0.15) is 0 Å². The first kappa shape index (κ1) is 26.0. The van der Waals surface area contributed by atoms with Crippen LogP contribution in [0.25, 0.3) is 0 Å². The summed E-state index contributed by atoms with van der Waals surface area (Å²) in [5.74, 6) is 0.623. The van der Waals surface area contributed by atoms with E-state index < -0.39 is 10.0 Å². The minimum absolute atomic E-state index is 0.109. The number of piperazine rings is 1. The predicted molar refractivity (Wildman–Crippen MR) is 137 cm³/mol. The Morgan fingerprint density at radius 3 is 2.35 bits per heavy atom. The normalized spacial score (nSPS) is 24.3. The molecule has 0 aliphatic carbocycles. The quantitative estimate of drug-likeness (QED) is 0.630. The number of carbonyl (C=O) groups excluding carboxylic acids is 1. The van der Waals surface area contributed by atoms with Crippen LogP contribution in [-0.4, -0.2) is 105 Å². The van der Waals surface area contributed by atoms with E-state index in [-0.39, 0.29) is 6.03 Å². The molecule has 0 spiro atoms. The number of hydrogen-bond acceptors (Lipinski definition) is 5. The summed E-state index contributed by atoms with van der Waals surface area (Å²) < 4.78 is 25.2. The number of piperidine rings is 2. The highest BCUT2D eigenvalue weighted by Gasteiger charge is 2.32. The van der Waals surface area contributed by atoms with E-state index >= 15 is 0 Å².